The van der Waals surface area contributed by atoms with E-state index in [0.717, 1.165) is 33.5 Å². The molecular formula is C26H26FN7OS. The van der Waals surface area contributed by atoms with E-state index in [4.69, 9.17) is 12.2 Å². The van der Waals surface area contributed by atoms with Crippen LogP contribution in [0.5, 0.6) is 0 Å². The van der Waals surface area contributed by atoms with E-state index in [1.54, 1.807) is 30.3 Å². The van der Waals surface area contributed by atoms with E-state index in [0.29, 0.717) is 35.5 Å². The molecule has 0 saturated carbocycles. The summed E-state index contributed by atoms with van der Waals surface area (Å²) in [5.41, 5.74) is 4.80. The van der Waals surface area contributed by atoms with Crippen LogP contribution in [0.3, 0.4) is 0 Å². The second-order valence-electron chi connectivity index (χ2n) is 8.30. The minimum absolute atomic E-state index is 0.00717. The molecule has 0 bridgehead atoms. The van der Waals surface area contributed by atoms with Gasteiger partial charge in [0.25, 0.3) is 0 Å². The van der Waals surface area contributed by atoms with Gasteiger partial charge in [-0.2, -0.15) is 0 Å². The van der Waals surface area contributed by atoms with Crippen LogP contribution in [-0.4, -0.2) is 38.4 Å². The molecular weight excluding hydrogens is 477 g/mol. The number of nitrogens with one attached hydrogen (secondary N) is 4. The number of hydrogen-bond acceptors (Lipinski definition) is 5. The van der Waals surface area contributed by atoms with Crippen molar-refractivity contribution in [3.05, 3.63) is 83.1 Å². The van der Waals surface area contributed by atoms with Crippen molar-refractivity contribution in [2.45, 2.75) is 27.2 Å². The number of aryl methyl sites for hydroxylation is 2. The molecule has 10 heteroatoms. The predicted molar refractivity (Wildman–Crippen MR) is 145 cm³/mol. The van der Waals surface area contributed by atoms with Crippen LogP contribution in [0.4, 0.5) is 16.0 Å². The summed E-state index contributed by atoms with van der Waals surface area (Å²) in [7, 11) is 0. The average molecular weight is 504 g/mol. The fourth-order valence-electron chi connectivity index (χ4n) is 3.70. The Morgan fingerprint density at radius 2 is 1.78 bits per heavy atom. The number of benzene rings is 2. The lowest BCUT2D eigenvalue weighted by atomic mass is 10.1. The number of fused-ring (bicyclic) bond motifs is 1. The zero-order chi connectivity index (χ0) is 25.7. The first-order valence-electron chi connectivity index (χ1n) is 11.3. The number of guanidine groups is 1. The maximum absolute atomic E-state index is 13.7. The second-order valence-corrected chi connectivity index (χ2v) is 8.70. The molecule has 8 nitrogen and oxygen atoms in total. The van der Waals surface area contributed by atoms with Crippen molar-refractivity contribution in [1.82, 2.24) is 20.3 Å². The van der Waals surface area contributed by atoms with Crippen LogP contribution in [0.25, 0.3) is 10.9 Å². The summed E-state index contributed by atoms with van der Waals surface area (Å²) in [5, 5.41) is 10.4. The Kier molecular flexibility index (Phi) is 7.65. The molecule has 0 spiro atoms. The molecule has 0 aliphatic heterocycles. The number of H-pyrrole nitrogens is 1. The molecule has 0 unspecified atom stereocenters. The average Bonchev–Trinajstić information content (AvgIpc) is 3.20. The Morgan fingerprint density at radius 3 is 2.47 bits per heavy atom. The first-order chi connectivity index (χ1) is 17.3. The molecule has 0 saturated heterocycles. The highest BCUT2D eigenvalue weighted by molar-refractivity contribution is 7.80. The number of halogens is 1. The minimum Gasteiger partial charge on any atom is -0.361 e. The predicted octanol–water partition coefficient (Wildman–Crippen LogP) is 4.91. The van der Waals surface area contributed by atoms with Crippen molar-refractivity contribution < 1.29 is 9.18 Å². The fourth-order valence-corrected chi connectivity index (χ4v) is 3.92. The van der Waals surface area contributed by atoms with Crippen LogP contribution < -0.4 is 16.0 Å². The second kappa shape index (κ2) is 11.0. The maximum Gasteiger partial charge on any atom is 0.229 e. The molecule has 0 aliphatic carbocycles. The van der Waals surface area contributed by atoms with Crippen LogP contribution in [0.2, 0.25) is 0 Å². The standard InChI is InChI=1S/C26H26FN7OS/c1-15-12-16(2)31-25(30-15)33-24(34-26(36)32-21-7-4-18(5-8-21)17(3)35)28-11-10-19-14-29-23-9-6-20(27)13-22(19)23/h4-9,12-14,29H,10-11H2,1-3H3,(H3,28,30,31,32,33,34,36). The normalized spacial score (nSPS) is 11.4. The number of hydrogen-bond donors (Lipinski definition) is 4. The van der Waals surface area contributed by atoms with E-state index in [1.165, 1.54) is 19.1 Å². The van der Waals surface area contributed by atoms with Crippen molar-refractivity contribution >= 4 is 51.6 Å². The van der Waals surface area contributed by atoms with Crippen molar-refractivity contribution in [2.24, 2.45) is 4.99 Å². The molecule has 36 heavy (non-hydrogen) atoms. The molecule has 2 aromatic carbocycles. The summed E-state index contributed by atoms with van der Waals surface area (Å²) in [6.45, 7) is 5.69. The van der Waals surface area contributed by atoms with Crippen LogP contribution in [-0.2, 0) is 6.42 Å². The number of nitrogens with zero attached hydrogens (tertiary/aromatic N) is 3. The monoisotopic (exact) mass is 503 g/mol. The van der Waals surface area contributed by atoms with Gasteiger partial charge in [0.1, 0.15) is 5.82 Å². The first-order valence-corrected chi connectivity index (χ1v) is 11.8. The molecule has 2 aromatic heterocycles. The number of aromatic nitrogens is 3. The van der Waals surface area contributed by atoms with E-state index in [2.05, 4.69) is 35.9 Å². The lowest BCUT2D eigenvalue weighted by Gasteiger charge is -2.14. The van der Waals surface area contributed by atoms with Crippen LogP contribution in [0, 0.1) is 19.7 Å². The Morgan fingerprint density at radius 1 is 1.06 bits per heavy atom. The van der Waals surface area contributed by atoms with E-state index in [1.807, 2.05) is 26.1 Å². The van der Waals surface area contributed by atoms with E-state index >= 15 is 0 Å². The molecule has 2 heterocycles. The van der Waals surface area contributed by atoms with Crippen molar-refractivity contribution in [1.29, 1.82) is 0 Å². The lowest BCUT2D eigenvalue weighted by Crippen LogP contribution is -2.39. The topological polar surface area (TPSA) is 107 Å². The Balaban J connectivity index is 1.49. The summed E-state index contributed by atoms with van der Waals surface area (Å²) in [6.07, 6.45) is 2.45. The van der Waals surface area contributed by atoms with Crippen LogP contribution in [0.1, 0.15) is 34.2 Å². The van der Waals surface area contributed by atoms with Crippen molar-refractivity contribution in [2.75, 3.05) is 17.2 Å². The van der Waals surface area contributed by atoms with Gasteiger partial charge in [0.2, 0.25) is 11.9 Å². The molecule has 0 amide bonds. The largest absolute Gasteiger partial charge is 0.361 e. The third kappa shape index (κ3) is 6.48. The maximum atomic E-state index is 13.7. The van der Waals surface area contributed by atoms with Gasteiger partial charge in [0.15, 0.2) is 10.9 Å². The smallest absolute Gasteiger partial charge is 0.229 e. The number of aliphatic imine (C=N–C) groups is 1. The Bertz CT molecular complexity index is 1430. The van der Waals surface area contributed by atoms with E-state index in [9.17, 15) is 9.18 Å². The molecule has 4 aromatic rings. The van der Waals surface area contributed by atoms with Gasteiger partial charge in [-0.05, 0) is 93.5 Å². The number of carbonyl (C=O) groups excluding carboxylic acids is 1. The Labute approximate surface area is 213 Å². The van der Waals surface area contributed by atoms with Gasteiger partial charge in [0.05, 0.1) is 0 Å². The highest BCUT2D eigenvalue weighted by Gasteiger charge is 2.09. The summed E-state index contributed by atoms with van der Waals surface area (Å²) < 4.78 is 13.7. The summed E-state index contributed by atoms with van der Waals surface area (Å²) in [4.78, 5) is 28.1. The molecule has 4 N–H and O–H groups in total. The molecule has 184 valence electrons. The summed E-state index contributed by atoms with van der Waals surface area (Å²) in [6, 6.07) is 13.6. The zero-order valence-electron chi connectivity index (χ0n) is 20.1. The summed E-state index contributed by atoms with van der Waals surface area (Å²) in [5.74, 6) is 0.466. The van der Waals surface area contributed by atoms with E-state index in [-0.39, 0.29) is 11.6 Å². The van der Waals surface area contributed by atoms with Gasteiger partial charge < -0.3 is 15.6 Å². The minimum atomic E-state index is -0.282. The number of aromatic amines is 1. The van der Waals surface area contributed by atoms with Crippen LogP contribution in [0.15, 0.2) is 59.7 Å². The zero-order valence-corrected chi connectivity index (χ0v) is 21.0. The fraction of sp³-hybridized carbons (Fsp3) is 0.192. The van der Waals surface area contributed by atoms with Gasteiger partial charge in [0, 0.05) is 46.3 Å². The number of carbonyl (C=O) groups is 1. The molecule has 0 radical (unpaired) electrons. The third-order valence-corrected chi connectivity index (χ3v) is 5.58. The van der Waals surface area contributed by atoms with E-state index < -0.39 is 0 Å². The van der Waals surface area contributed by atoms with Crippen molar-refractivity contribution in [3.8, 4) is 0 Å². The number of rotatable bonds is 6. The summed E-state index contributed by atoms with van der Waals surface area (Å²) >= 11 is 5.47. The number of Topliss-reactive ketones (excluding diaryl/α,β-unsaturated/α-hetero) is 1. The van der Waals surface area contributed by atoms with Gasteiger partial charge in [-0.15, -0.1) is 0 Å². The number of ketones is 1. The number of anilines is 2. The van der Waals surface area contributed by atoms with Crippen molar-refractivity contribution in [3.63, 3.8) is 0 Å². The Hall–Kier alpha value is -4.18. The third-order valence-electron chi connectivity index (χ3n) is 5.37. The lowest BCUT2D eigenvalue weighted by molar-refractivity contribution is 0.101. The SMILES string of the molecule is CC(=O)c1ccc(NC(=S)NC(=NCCc2c[nH]c3ccc(F)cc23)Nc2nc(C)cc(C)n2)cc1. The van der Waals surface area contributed by atoms with Crippen LogP contribution >= 0.6 is 12.2 Å². The highest BCUT2D eigenvalue weighted by Crippen LogP contribution is 2.20. The quantitative estimate of drug-likeness (QED) is 0.128. The molecule has 0 aliphatic rings. The van der Waals surface area contributed by atoms with Gasteiger partial charge >= 0.3 is 0 Å². The molecule has 0 atom stereocenters. The molecule has 4 rings (SSSR count). The van der Waals surface area contributed by atoms with Gasteiger partial charge in [-0.1, -0.05) is 0 Å². The van der Waals surface area contributed by atoms with Gasteiger partial charge in [-0.3, -0.25) is 15.1 Å². The van der Waals surface area contributed by atoms with Gasteiger partial charge in [-0.25, -0.2) is 14.4 Å². The molecule has 0 fully saturated rings. The highest BCUT2D eigenvalue weighted by atomic mass is 32.1. The first kappa shape index (κ1) is 24.9. The number of thiocarbonyl (C=S) groups is 1.